The number of pyridine rings is 1. The van der Waals surface area contributed by atoms with E-state index in [4.69, 9.17) is 31.2 Å². The van der Waals surface area contributed by atoms with Crippen LogP contribution in [0.1, 0.15) is 54.3 Å². The molecule has 6 heterocycles. The summed E-state index contributed by atoms with van der Waals surface area (Å²) in [6.45, 7) is 7.17. The lowest BCUT2D eigenvalue weighted by Crippen LogP contribution is -2.57. The van der Waals surface area contributed by atoms with Crippen molar-refractivity contribution in [2.75, 3.05) is 67.7 Å². The molecule has 0 amide bonds. The lowest BCUT2D eigenvalue weighted by atomic mass is 9.88. The van der Waals surface area contributed by atoms with Crippen molar-refractivity contribution in [1.29, 1.82) is 5.26 Å². The number of fused-ring (bicyclic) bond motifs is 2. The topological polar surface area (TPSA) is 167 Å². The number of thiophene rings is 1. The van der Waals surface area contributed by atoms with Gasteiger partial charge in [-0.3, -0.25) is 4.90 Å². The van der Waals surface area contributed by atoms with Crippen molar-refractivity contribution in [3.63, 3.8) is 0 Å². The molecule has 0 aromatic carbocycles. The summed E-state index contributed by atoms with van der Waals surface area (Å²) in [6, 6.07) is 6.22. The summed E-state index contributed by atoms with van der Waals surface area (Å²) < 4.78 is 6.04. The lowest BCUT2D eigenvalue weighted by Gasteiger charge is -2.47. The third kappa shape index (κ3) is 4.68. The molecule has 2 atom stereocenters. The monoisotopic (exact) mass is 608 g/mol. The number of ether oxygens (including phenoxy) is 1. The average Bonchev–Trinajstić information content (AvgIpc) is 3.62. The number of nitrogens with zero attached hydrogens (tertiary/aromatic N) is 8. The van der Waals surface area contributed by atoms with E-state index in [1.165, 1.54) is 16.2 Å². The summed E-state index contributed by atoms with van der Waals surface area (Å²) in [5.74, 6) is 2.30. The molecule has 12 nitrogen and oxygen atoms in total. The van der Waals surface area contributed by atoms with Crippen molar-refractivity contribution in [3.8, 4) is 12.1 Å². The minimum atomic E-state index is -0.473. The summed E-state index contributed by atoms with van der Waals surface area (Å²) in [5.41, 5.74) is 14.5. The number of hydrogen-bond donors (Lipinski definition) is 3. The number of likely N-dealkylation sites (N-methyl/N-ethyl adjacent to an activating group) is 1. The van der Waals surface area contributed by atoms with Gasteiger partial charge in [0.1, 0.15) is 23.5 Å². The molecule has 0 bridgehead atoms. The molecule has 1 spiro atoms. The molecule has 2 fully saturated rings. The largest absolute Gasteiger partial charge is 0.461 e. The van der Waals surface area contributed by atoms with Crippen LogP contribution < -0.4 is 26.0 Å². The molecule has 3 aliphatic rings. The highest BCUT2D eigenvalue weighted by Crippen LogP contribution is 2.57. The van der Waals surface area contributed by atoms with Gasteiger partial charge in [-0.25, -0.2) is 4.98 Å². The van der Waals surface area contributed by atoms with Crippen LogP contribution in [-0.4, -0.2) is 81.9 Å². The van der Waals surface area contributed by atoms with Gasteiger partial charge in [-0.05, 0) is 46.3 Å². The van der Waals surface area contributed by atoms with Crippen molar-refractivity contribution in [2.24, 2.45) is 0 Å². The molecule has 5 N–H and O–H groups in total. The first-order valence-electron chi connectivity index (χ1n) is 14.1. The van der Waals surface area contributed by atoms with Crippen LogP contribution in [0.25, 0.3) is 0 Å². The van der Waals surface area contributed by atoms with Crippen LogP contribution in [0.4, 0.5) is 22.7 Å². The van der Waals surface area contributed by atoms with Crippen LogP contribution in [0.2, 0.25) is 0 Å². The zero-order chi connectivity index (χ0) is 29.6. The molecule has 0 saturated carbocycles. The van der Waals surface area contributed by atoms with Crippen LogP contribution >= 0.6 is 23.1 Å². The molecule has 0 radical (unpaired) electrons. The number of thioether (sulfide) groups is 1. The summed E-state index contributed by atoms with van der Waals surface area (Å²) >= 11 is 3.37. The Hall–Kier alpha value is -3.38. The van der Waals surface area contributed by atoms with E-state index < -0.39 is 5.54 Å². The molecule has 0 aliphatic carbocycles. The molecule has 3 aliphatic heterocycles. The van der Waals surface area contributed by atoms with Gasteiger partial charge in [0.05, 0.1) is 28.5 Å². The third-order valence-corrected chi connectivity index (χ3v) is 11.6. The molecule has 42 heavy (non-hydrogen) atoms. The average molecular weight is 609 g/mol. The number of anilines is 4. The number of rotatable bonds is 9. The number of nitrogen functional groups attached to an aromatic ring is 2. The fourth-order valence-corrected chi connectivity index (χ4v) is 9.15. The minimum Gasteiger partial charge on any atom is -0.461 e. The second-order valence-corrected chi connectivity index (χ2v) is 13.7. The van der Waals surface area contributed by atoms with Crippen LogP contribution in [0, 0.1) is 11.3 Å². The highest BCUT2D eigenvalue weighted by molar-refractivity contribution is 8.00. The third-order valence-electron chi connectivity index (χ3n) is 8.92. The number of hydrogen-bond acceptors (Lipinski definition) is 14. The maximum absolute atomic E-state index is 10.3. The van der Waals surface area contributed by atoms with E-state index in [9.17, 15) is 10.4 Å². The van der Waals surface area contributed by atoms with Crippen LogP contribution in [0.5, 0.6) is 6.01 Å². The minimum absolute atomic E-state index is 0.00804. The van der Waals surface area contributed by atoms with Gasteiger partial charge in [-0.2, -0.15) is 20.2 Å². The van der Waals surface area contributed by atoms with Crippen molar-refractivity contribution in [1.82, 2.24) is 24.8 Å². The SMILES string of the molecule is CCN(c1nc(OCC2(CO)CCCN2C)nc(N2CC3(C2)SCc2sc(N)c(C#N)c23)n1)[C@H](C)c1cccnc1N. The van der Waals surface area contributed by atoms with Crippen LogP contribution in [0.15, 0.2) is 18.3 Å². The Bertz CT molecular complexity index is 1520. The Kier molecular flexibility index (Phi) is 7.55. The van der Waals surface area contributed by atoms with Gasteiger partial charge in [0.2, 0.25) is 11.9 Å². The summed E-state index contributed by atoms with van der Waals surface area (Å²) in [4.78, 5) is 26.2. The number of aromatic nitrogens is 4. The second-order valence-electron chi connectivity index (χ2n) is 11.2. The van der Waals surface area contributed by atoms with Crippen molar-refractivity contribution in [2.45, 2.75) is 48.8 Å². The van der Waals surface area contributed by atoms with Gasteiger partial charge in [-0.15, -0.1) is 23.1 Å². The number of aliphatic hydroxyl groups excluding tert-OH is 1. The van der Waals surface area contributed by atoms with Gasteiger partial charge < -0.3 is 31.1 Å². The van der Waals surface area contributed by atoms with E-state index in [1.54, 1.807) is 6.20 Å². The Morgan fingerprint density at radius 2 is 2.10 bits per heavy atom. The first-order valence-corrected chi connectivity index (χ1v) is 15.9. The number of aliphatic hydroxyl groups is 1. The van der Waals surface area contributed by atoms with E-state index in [1.807, 2.05) is 37.9 Å². The van der Waals surface area contributed by atoms with Crippen molar-refractivity contribution < 1.29 is 9.84 Å². The maximum atomic E-state index is 10.3. The fourth-order valence-electron chi connectivity index (χ4n) is 6.34. The van der Waals surface area contributed by atoms with Gasteiger partial charge in [0, 0.05) is 47.6 Å². The highest BCUT2D eigenvalue weighted by atomic mass is 32.2. The zero-order valence-corrected chi connectivity index (χ0v) is 25.7. The Morgan fingerprint density at radius 1 is 1.29 bits per heavy atom. The fraction of sp³-hybridized carbons (Fsp3) is 0.536. The van der Waals surface area contributed by atoms with Crippen molar-refractivity contribution in [3.05, 3.63) is 39.9 Å². The lowest BCUT2D eigenvalue weighted by molar-refractivity contribution is 0.0361. The van der Waals surface area contributed by atoms with E-state index in [2.05, 4.69) is 32.7 Å². The Labute approximate surface area is 253 Å². The van der Waals surface area contributed by atoms with Gasteiger partial charge in [0.15, 0.2) is 0 Å². The number of likely N-dealkylation sites (tertiary alicyclic amines) is 1. The maximum Gasteiger partial charge on any atom is 0.323 e. The summed E-state index contributed by atoms with van der Waals surface area (Å²) in [6.07, 6.45) is 3.51. The highest BCUT2D eigenvalue weighted by Gasteiger charge is 2.53. The predicted molar refractivity (Wildman–Crippen MR) is 166 cm³/mol. The smallest absolute Gasteiger partial charge is 0.323 e. The summed E-state index contributed by atoms with van der Waals surface area (Å²) in [7, 11) is 2.01. The van der Waals surface area contributed by atoms with E-state index in [0.717, 1.165) is 36.3 Å². The first kappa shape index (κ1) is 28.7. The quantitative estimate of drug-likeness (QED) is 0.325. The molecule has 6 rings (SSSR count). The Morgan fingerprint density at radius 3 is 2.76 bits per heavy atom. The predicted octanol–water partition coefficient (Wildman–Crippen LogP) is 2.75. The zero-order valence-electron chi connectivity index (χ0n) is 24.1. The van der Waals surface area contributed by atoms with E-state index >= 15 is 0 Å². The van der Waals surface area contributed by atoms with Gasteiger partial charge >= 0.3 is 6.01 Å². The standard InChI is InChI=1S/C28H36N10O2S2/c1-4-38(17(2)18-7-5-9-32-22(18)30)25-33-24(34-26(35-25)40-16-27(15-39)8-6-10-36(27)3)37-13-28(14-37)21-19(11-29)23(31)42-20(21)12-41-28/h5,7,9,17,39H,4,6,8,10,12-16,31H2,1-3H3,(H2,30,32)/t17-,27?/m1/s1. The van der Waals surface area contributed by atoms with E-state index in [-0.39, 0.29) is 30.0 Å². The molecular formula is C28H36N10O2S2. The molecule has 3 aromatic heterocycles. The summed E-state index contributed by atoms with van der Waals surface area (Å²) in [5, 5.41) is 20.7. The molecule has 3 aromatic rings. The molecule has 222 valence electrons. The van der Waals surface area contributed by atoms with Crippen LogP contribution in [0.3, 0.4) is 0 Å². The van der Waals surface area contributed by atoms with Gasteiger partial charge in [-0.1, -0.05) is 6.07 Å². The van der Waals surface area contributed by atoms with Crippen molar-refractivity contribution >= 4 is 45.8 Å². The molecule has 2 saturated heterocycles. The number of nitrogens with two attached hydrogens (primary N) is 2. The second kappa shape index (κ2) is 11.0. The molecule has 1 unspecified atom stereocenters. The molecular weight excluding hydrogens is 573 g/mol. The molecule has 14 heteroatoms. The Balaban J connectivity index is 1.33. The first-order chi connectivity index (χ1) is 20.2. The van der Waals surface area contributed by atoms with Crippen LogP contribution in [-0.2, 0) is 10.5 Å². The normalized spacial score (nSPS) is 21.6. The van der Waals surface area contributed by atoms with E-state index in [0.29, 0.717) is 47.9 Å². The number of nitriles is 1. The van der Waals surface area contributed by atoms with Gasteiger partial charge in [0.25, 0.3) is 0 Å².